The summed E-state index contributed by atoms with van der Waals surface area (Å²) < 4.78 is 18.7. The monoisotopic (exact) mass is 331 g/mol. The van der Waals surface area contributed by atoms with Gasteiger partial charge >= 0.3 is 5.97 Å². The van der Waals surface area contributed by atoms with Crippen LogP contribution in [0.2, 0.25) is 5.02 Å². The predicted octanol–water partition coefficient (Wildman–Crippen LogP) is 4.30. The number of hydrogen-bond acceptors (Lipinski definition) is 3. The van der Waals surface area contributed by atoms with E-state index in [2.05, 4.69) is 4.98 Å². The average Bonchev–Trinajstić information content (AvgIpc) is 2.55. The molecule has 0 aliphatic carbocycles. The fourth-order valence-corrected chi connectivity index (χ4v) is 2.31. The molecular weight excluding hydrogens is 321 g/mol. The lowest BCUT2D eigenvalue weighted by molar-refractivity contribution is 0.0696. The Bertz CT molecular complexity index is 898. The summed E-state index contributed by atoms with van der Waals surface area (Å²) in [6.45, 7) is 0.235. The van der Waals surface area contributed by atoms with E-state index < -0.39 is 11.8 Å². The van der Waals surface area contributed by atoms with Crippen LogP contribution in [0.3, 0.4) is 0 Å². The second kappa shape index (κ2) is 6.22. The van der Waals surface area contributed by atoms with E-state index in [0.29, 0.717) is 16.7 Å². The highest BCUT2D eigenvalue weighted by Gasteiger charge is 2.06. The Labute approximate surface area is 136 Å². The van der Waals surface area contributed by atoms with E-state index in [1.807, 2.05) is 0 Å². The zero-order valence-electron chi connectivity index (χ0n) is 11.8. The zero-order chi connectivity index (χ0) is 16.4. The van der Waals surface area contributed by atoms with Crippen LogP contribution in [-0.2, 0) is 6.61 Å². The van der Waals surface area contributed by atoms with Crippen molar-refractivity contribution in [3.8, 4) is 5.75 Å². The van der Waals surface area contributed by atoms with Gasteiger partial charge in [-0.25, -0.2) is 9.18 Å². The van der Waals surface area contributed by atoms with E-state index >= 15 is 0 Å². The molecule has 0 fully saturated rings. The van der Waals surface area contributed by atoms with Crippen LogP contribution in [0.4, 0.5) is 4.39 Å². The molecule has 0 amide bonds. The first-order valence-corrected chi connectivity index (χ1v) is 7.10. The van der Waals surface area contributed by atoms with E-state index in [-0.39, 0.29) is 17.2 Å². The number of carboxylic acids is 1. The summed E-state index contributed by atoms with van der Waals surface area (Å²) in [5.74, 6) is -0.916. The molecule has 1 N–H and O–H groups in total. The number of nitrogens with zero attached hydrogens (tertiary/aromatic N) is 1. The summed E-state index contributed by atoms with van der Waals surface area (Å²) in [5.41, 5.74) is 1.50. The summed E-state index contributed by atoms with van der Waals surface area (Å²) in [7, 11) is 0. The summed E-state index contributed by atoms with van der Waals surface area (Å²) >= 11 is 5.73. The van der Waals surface area contributed by atoms with Gasteiger partial charge in [-0.1, -0.05) is 17.7 Å². The Morgan fingerprint density at radius 2 is 2.04 bits per heavy atom. The first-order chi connectivity index (χ1) is 11.0. The quantitative estimate of drug-likeness (QED) is 0.774. The lowest BCUT2D eigenvalue weighted by Gasteiger charge is -2.08. The summed E-state index contributed by atoms with van der Waals surface area (Å²) in [4.78, 5) is 15.0. The third-order valence-corrected chi connectivity index (χ3v) is 3.58. The largest absolute Gasteiger partial charge is 0.489 e. The molecule has 116 valence electrons. The molecule has 0 radical (unpaired) electrons. The van der Waals surface area contributed by atoms with Crippen LogP contribution < -0.4 is 4.74 Å². The highest BCUT2D eigenvalue weighted by atomic mass is 35.5. The summed E-state index contributed by atoms with van der Waals surface area (Å²) in [6, 6.07) is 11.1. The van der Waals surface area contributed by atoms with Crippen molar-refractivity contribution in [1.29, 1.82) is 0 Å². The van der Waals surface area contributed by atoms with Gasteiger partial charge in [0.1, 0.15) is 18.2 Å². The fourth-order valence-electron chi connectivity index (χ4n) is 2.10. The van der Waals surface area contributed by atoms with Gasteiger partial charge in [0, 0.05) is 17.6 Å². The number of benzene rings is 2. The number of rotatable bonds is 4. The standard InChI is InChI=1S/C17H11ClFNO3/c18-14-5-10(1-4-15(14)19)9-23-13-3-2-11-6-12(17(21)22)8-20-16(11)7-13/h1-8H,9H2,(H,21,22). The minimum Gasteiger partial charge on any atom is -0.489 e. The van der Waals surface area contributed by atoms with E-state index in [1.54, 1.807) is 30.3 Å². The molecule has 0 saturated carbocycles. The maximum absolute atomic E-state index is 13.1. The predicted molar refractivity (Wildman–Crippen MR) is 84.4 cm³/mol. The van der Waals surface area contributed by atoms with Gasteiger partial charge < -0.3 is 9.84 Å². The molecule has 0 unspecified atom stereocenters. The number of pyridine rings is 1. The van der Waals surface area contributed by atoms with Crippen molar-refractivity contribution in [3.63, 3.8) is 0 Å². The third kappa shape index (κ3) is 3.40. The van der Waals surface area contributed by atoms with Gasteiger partial charge in [-0.15, -0.1) is 0 Å². The summed E-state index contributed by atoms with van der Waals surface area (Å²) in [5, 5.41) is 9.71. The molecule has 6 heteroatoms. The van der Waals surface area contributed by atoms with Gasteiger partial charge in [-0.2, -0.15) is 0 Å². The molecule has 23 heavy (non-hydrogen) atoms. The van der Waals surface area contributed by atoms with Gasteiger partial charge in [-0.3, -0.25) is 4.98 Å². The van der Waals surface area contributed by atoms with Crippen LogP contribution >= 0.6 is 11.6 Å². The van der Waals surface area contributed by atoms with E-state index in [9.17, 15) is 9.18 Å². The number of carbonyl (C=O) groups is 1. The van der Waals surface area contributed by atoms with Gasteiger partial charge in [0.05, 0.1) is 16.1 Å². The van der Waals surface area contributed by atoms with Crippen LogP contribution in [0.5, 0.6) is 5.75 Å². The topological polar surface area (TPSA) is 59.4 Å². The number of ether oxygens (including phenoxy) is 1. The third-order valence-electron chi connectivity index (χ3n) is 3.29. The fraction of sp³-hybridized carbons (Fsp3) is 0.0588. The van der Waals surface area contributed by atoms with Crippen LogP contribution in [0.1, 0.15) is 15.9 Å². The number of aromatic carboxylic acids is 1. The zero-order valence-corrected chi connectivity index (χ0v) is 12.5. The second-order valence-electron chi connectivity index (χ2n) is 4.92. The van der Waals surface area contributed by atoms with Gasteiger partial charge in [-0.05, 0) is 35.9 Å². The molecule has 3 rings (SSSR count). The Balaban J connectivity index is 1.79. The number of halogens is 2. The molecule has 2 aromatic carbocycles. The van der Waals surface area contributed by atoms with Crippen LogP contribution in [-0.4, -0.2) is 16.1 Å². The smallest absolute Gasteiger partial charge is 0.337 e. The highest BCUT2D eigenvalue weighted by Crippen LogP contribution is 2.22. The van der Waals surface area contributed by atoms with Crippen LogP contribution in [0.25, 0.3) is 10.9 Å². The minimum atomic E-state index is -1.02. The number of carboxylic acid groups (broad SMARTS) is 1. The van der Waals surface area contributed by atoms with Crippen molar-refractivity contribution in [2.45, 2.75) is 6.61 Å². The molecule has 0 atom stereocenters. The van der Waals surface area contributed by atoms with E-state index in [0.717, 1.165) is 5.56 Å². The average molecular weight is 332 g/mol. The van der Waals surface area contributed by atoms with Gasteiger partial charge in [0.2, 0.25) is 0 Å². The molecular formula is C17H11ClFNO3. The first-order valence-electron chi connectivity index (χ1n) is 6.73. The first kappa shape index (κ1) is 15.2. The number of aromatic nitrogens is 1. The van der Waals surface area contributed by atoms with Crippen molar-refractivity contribution < 1.29 is 19.0 Å². The molecule has 0 aliphatic rings. The van der Waals surface area contributed by atoms with Crippen molar-refractivity contribution in [2.24, 2.45) is 0 Å². The van der Waals surface area contributed by atoms with E-state index in [4.69, 9.17) is 21.4 Å². The van der Waals surface area contributed by atoms with Crippen molar-refractivity contribution in [1.82, 2.24) is 4.98 Å². The summed E-state index contributed by atoms with van der Waals surface area (Å²) in [6.07, 6.45) is 1.30. The Morgan fingerprint density at radius 3 is 2.78 bits per heavy atom. The molecule has 0 spiro atoms. The number of fused-ring (bicyclic) bond motifs is 1. The molecule has 1 aromatic heterocycles. The minimum absolute atomic E-state index is 0.0486. The Hall–Kier alpha value is -2.66. The lowest BCUT2D eigenvalue weighted by atomic mass is 10.1. The molecule has 0 bridgehead atoms. The molecule has 0 saturated heterocycles. The normalized spacial score (nSPS) is 10.7. The number of hydrogen-bond donors (Lipinski definition) is 1. The van der Waals surface area contributed by atoms with Crippen molar-refractivity contribution in [3.05, 3.63) is 70.6 Å². The maximum Gasteiger partial charge on any atom is 0.337 e. The van der Waals surface area contributed by atoms with Crippen molar-refractivity contribution in [2.75, 3.05) is 0 Å². The molecule has 3 aromatic rings. The maximum atomic E-state index is 13.1. The second-order valence-corrected chi connectivity index (χ2v) is 5.33. The van der Waals surface area contributed by atoms with Crippen molar-refractivity contribution >= 4 is 28.5 Å². The lowest BCUT2D eigenvalue weighted by Crippen LogP contribution is -1.98. The van der Waals surface area contributed by atoms with Gasteiger partial charge in [0.15, 0.2) is 0 Å². The Kier molecular flexibility index (Phi) is 4.12. The van der Waals surface area contributed by atoms with Crippen LogP contribution in [0.15, 0.2) is 48.7 Å². The Morgan fingerprint density at radius 1 is 1.22 bits per heavy atom. The van der Waals surface area contributed by atoms with E-state index in [1.165, 1.54) is 18.3 Å². The SMILES string of the molecule is O=C(O)c1cnc2cc(OCc3ccc(F)c(Cl)c3)ccc2c1. The van der Waals surface area contributed by atoms with Gasteiger partial charge in [0.25, 0.3) is 0 Å². The highest BCUT2D eigenvalue weighted by molar-refractivity contribution is 6.30. The molecule has 0 aliphatic heterocycles. The van der Waals surface area contributed by atoms with Crippen LogP contribution in [0, 0.1) is 5.82 Å². The molecule has 1 heterocycles. The molecule has 4 nitrogen and oxygen atoms in total.